The minimum Gasteiger partial charge on any atom is -0.281 e. The molecule has 98 valence electrons. The lowest BCUT2D eigenvalue weighted by molar-refractivity contribution is -0.113. The van der Waals surface area contributed by atoms with Gasteiger partial charge in [-0.25, -0.2) is 4.39 Å². The van der Waals surface area contributed by atoms with E-state index < -0.39 is 11.2 Å². The smallest absolute Gasteiger partial charge is 0.229 e. The molecule has 0 aliphatic heterocycles. The van der Waals surface area contributed by atoms with E-state index in [2.05, 4.69) is 0 Å². The van der Waals surface area contributed by atoms with Crippen LogP contribution in [0.5, 0.6) is 0 Å². The van der Waals surface area contributed by atoms with Crippen LogP contribution in [-0.4, -0.2) is 5.24 Å². The minimum absolute atomic E-state index is 0.340. The van der Waals surface area contributed by atoms with Gasteiger partial charge in [-0.3, -0.25) is 4.79 Å². The van der Waals surface area contributed by atoms with Gasteiger partial charge in [0.25, 0.3) is 0 Å². The summed E-state index contributed by atoms with van der Waals surface area (Å²) in [6, 6.07) is 13.0. The lowest BCUT2D eigenvalue weighted by atomic mass is 9.93. The van der Waals surface area contributed by atoms with Crippen LogP contribution in [0.1, 0.15) is 17.0 Å². The molecule has 2 aromatic rings. The van der Waals surface area contributed by atoms with Crippen molar-refractivity contribution >= 4 is 28.4 Å². The summed E-state index contributed by atoms with van der Waals surface area (Å²) in [7, 11) is 0. The van der Waals surface area contributed by atoms with E-state index in [9.17, 15) is 9.18 Å². The molecule has 4 heteroatoms. The molecular weight excluding hydrogens is 286 g/mol. The highest BCUT2D eigenvalue weighted by Crippen LogP contribution is 2.25. The molecule has 0 aromatic heterocycles. The van der Waals surface area contributed by atoms with Crippen LogP contribution in [0.15, 0.2) is 48.5 Å². The first-order valence-electron chi connectivity index (χ1n) is 5.75. The Hall–Kier alpha value is -1.38. The Morgan fingerprint density at radius 1 is 1.16 bits per heavy atom. The molecule has 1 nitrogen and oxygen atoms in total. The van der Waals surface area contributed by atoms with Gasteiger partial charge in [-0.15, -0.1) is 0 Å². The maximum Gasteiger partial charge on any atom is 0.229 e. The van der Waals surface area contributed by atoms with Crippen molar-refractivity contribution in [3.05, 3.63) is 70.5 Å². The second kappa shape index (κ2) is 6.18. The molecule has 0 saturated carbocycles. The first-order valence-corrected chi connectivity index (χ1v) is 6.51. The molecule has 0 amide bonds. The van der Waals surface area contributed by atoms with E-state index in [0.29, 0.717) is 17.0 Å². The predicted molar refractivity (Wildman–Crippen MR) is 75.2 cm³/mol. The highest BCUT2D eigenvalue weighted by molar-refractivity contribution is 6.64. The molecule has 19 heavy (non-hydrogen) atoms. The summed E-state index contributed by atoms with van der Waals surface area (Å²) >= 11 is 11.5. The predicted octanol–water partition coefficient (Wildman–Crippen LogP) is 4.57. The molecule has 0 radical (unpaired) electrons. The standard InChI is InChI=1S/C15H11Cl2FO/c16-12-3-1-2-10(8-12)9-14(15(17)19)11-4-6-13(18)7-5-11/h1-8,14H,9H2. The summed E-state index contributed by atoms with van der Waals surface area (Å²) in [4.78, 5) is 11.6. The van der Waals surface area contributed by atoms with E-state index in [1.165, 1.54) is 12.1 Å². The van der Waals surface area contributed by atoms with Crippen LogP contribution in [-0.2, 0) is 11.2 Å². The Morgan fingerprint density at radius 2 is 1.84 bits per heavy atom. The fraction of sp³-hybridized carbons (Fsp3) is 0.133. The van der Waals surface area contributed by atoms with E-state index >= 15 is 0 Å². The second-order valence-electron chi connectivity index (χ2n) is 4.24. The zero-order valence-corrected chi connectivity index (χ0v) is 11.5. The molecule has 2 aromatic carbocycles. The van der Waals surface area contributed by atoms with Crippen LogP contribution >= 0.6 is 23.2 Å². The van der Waals surface area contributed by atoms with E-state index in [-0.39, 0.29) is 5.82 Å². The SMILES string of the molecule is O=C(Cl)C(Cc1cccc(Cl)c1)c1ccc(F)cc1. The Morgan fingerprint density at radius 3 is 2.42 bits per heavy atom. The Balaban J connectivity index is 2.26. The highest BCUT2D eigenvalue weighted by Gasteiger charge is 2.19. The lowest BCUT2D eigenvalue weighted by Crippen LogP contribution is -2.10. The van der Waals surface area contributed by atoms with Crippen LogP contribution in [0.2, 0.25) is 5.02 Å². The third kappa shape index (κ3) is 3.79. The Labute approximate surface area is 121 Å². The van der Waals surface area contributed by atoms with E-state index in [1.807, 2.05) is 12.1 Å². The number of hydrogen-bond acceptors (Lipinski definition) is 1. The quantitative estimate of drug-likeness (QED) is 0.755. The van der Waals surface area contributed by atoms with Crippen molar-refractivity contribution in [1.29, 1.82) is 0 Å². The number of rotatable bonds is 4. The van der Waals surface area contributed by atoms with Crippen LogP contribution in [0, 0.1) is 5.82 Å². The second-order valence-corrected chi connectivity index (χ2v) is 5.05. The van der Waals surface area contributed by atoms with Crippen molar-refractivity contribution in [2.24, 2.45) is 0 Å². The van der Waals surface area contributed by atoms with Crippen LogP contribution < -0.4 is 0 Å². The van der Waals surface area contributed by atoms with E-state index in [1.54, 1.807) is 24.3 Å². The van der Waals surface area contributed by atoms with Crippen LogP contribution in [0.25, 0.3) is 0 Å². The topological polar surface area (TPSA) is 17.1 Å². The molecule has 1 atom stereocenters. The van der Waals surface area contributed by atoms with Gasteiger partial charge in [0.2, 0.25) is 5.24 Å². The minimum atomic E-state index is -0.499. The monoisotopic (exact) mass is 296 g/mol. The Bertz CT molecular complexity index is 581. The van der Waals surface area contributed by atoms with Gasteiger partial charge in [0.1, 0.15) is 5.82 Å². The molecule has 0 fully saturated rings. The maximum absolute atomic E-state index is 12.9. The molecule has 0 aliphatic carbocycles. The van der Waals surface area contributed by atoms with Crippen LogP contribution in [0.3, 0.4) is 0 Å². The third-order valence-corrected chi connectivity index (χ3v) is 3.37. The molecular formula is C15H11Cl2FO. The zero-order valence-electron chi connectivity index (χ0n) is 9.95. The molecule has 0 spiro atoms. The lowest BCUT2D eigenvalue weighted by Gasteiger charge is -2.13. The average Bonchev–Trinajstić information content (AvgIpc) is 2.37. The van der Waals surface area contributed by atoms with Gasteiger partial charge >= 0.3 is 0 Å². The molecule has 0 bridgehead atoms. The summed E-state index contributed by atoms with van der Waals surface area (Å²) in [5, 5.41) is 0.143. The summed E-state index contributed by atoms with van der Waals surface area (Å²) in [5.74, 6) is -0.840. The maximum atomic E-state index is 12.9. The molecule has 1 unspecified atom stereocenters. The summed E-state index contributed by atoms with van der Waals surface area (Å²) < 4.78 is 12.9. The Kier molecular flexibility index (Phi) is 4.56. The highest BCUT2D eigenvalue weighted by atomic mass is 35.5. The number of halogens is 3. The summed E-state index contributed by atoms with van der Waals surface area (Å²) in [6.45, 7) is 0. The fourth-order valence-corrected chi connectivity index (χ4v) is 2.34. The normalized spacial score (nSPS) is 12.2. The number of benzene rings is 2. The van der Waals surface area contributed by atoms with Crippen molar-refractivity contribution in [2.75, 3.05) is 0 Å². The molecule has 0 heterocycles. The van der Waals surface area contributed by atoms with Gasteiger partial charge in [-0.2, -0.15) is 0 Å². The van der Waals surface area contributed by atoms with Gasteiger partial charge in [0, 0.05) is 5.02 Å². The average molecular weight is 297 g/mol. The fourth-order valence-electron chi connectivity index (χ4n) is 1.92. The summed E-state index contributed by atoms with van der Waals surface area (Å²) in [6.07, 6.45) is 0.439. The molecule has 2 rings (SSSR count). The van der Waals surface area contributed by atoms with Gasteiger partial charge in [-0.1, -0.05) is 35.9 Å². The van der Waals surface area contributed by atoms with Gasteiger partial charge in [0.05, 0.1) is 5.92 Å². The first kappa shape index (κ1) is 14.0. The largest absolute Gasteiger partial charge is 0.281 e. The third-order valence-electron chi connectivity index (χ3n) is 2.88. The number of carbonyl (C=O) groups is 1. The molecule has 0 saturated heterocycles. The van der Waals surface area contributed by atoms with Crippen molar-refractivity contribution in [1.82, 2.24) is 0 Å². The van der Waals surface area contributed by atoms with Gasteiger partial charge in [0.15, 0.2) is 0 Å². The van der Waals surface area contributed by atoms with Gasteiger partial charge in [-0.05, 0) is 53.4 Å². The van der Waals surface area contributed by atoms with E-state index in [0.717, 1.165) is 5.56 Å². The van der Waals surface area contributed by atoms with Crippen molar-refractivity contribution in [3.63, 3.8) is 0 Å². The van der Waals surface area contributed by atoms with Gasteiger partial charge < -0.3 is 0 Å². The molecule has 0 aliphatic rings. The molecule has 0 N–H and O–H groups in total. The number of carbonyl (C=O) groups excluding carboxylic acids is 1. The summed E-state index contributed by atoms with van der Waals surface area (Å²) in [5.41, 5.74) is 1.61. The van der Waals surface area contributed by atoms with Crippen LogP contribution in [0.4, 0.5) is 4.39 Å². The number of hydrogen-bond donors (Lipinski definition) is 0. The zero-order chi connectivity index (χ0) is 13.8. The van der Waals surface area contributed by atoms with E-state index in [4.69, 9.17) is 23.2 Å². The van der Waals surface area contributed by atoms with Crippen molar-refractivity contribution in [3.8, 4) is 0 Å². The van der Waals surface area contributed by atoms with Crippen molar-refractivity contribution < 1.29 is 9.18 Å². The first-order chi connectivity index (χ1) is 9.06. The van der Waals surface area contributed by atoms with Crippen molar-refractivity contribution in [2.45, 2.75) is 12.3 Å².